The SMILES string of the molecule is CC(C)(C)c1ccc([C@@H]2C[C@@H]3C=C[C@H]2C3)cc1. The third-order valence-electron chi connectivity index (χ3n) is 4.48. The zero-order valence-electron chi connectivity index (χ0n) is 11.1. The summed E-state index contributed by atoms with van der Waals surface area (Å²) in [6, 6.07) is 9.37. The molecule has 0 aliphatic heterocycles. The predicted octanol–water partition coefficient (Wildman–Crippen LogP) is 4.66. The number of fused-ring (bicyclic) bond motifs is 2. The van der Waals surface area contributed by atoms with Gasteiger partial charge in [-0.1, -0.05) is 57.2 Å². The van der Waals surface area contributed by atoms with Crippen LogP contribution < -0.4 is 0 Å². The standard InChI is InChI=1S/C17H22/c1-17(2,3)15-8-6-13(7-9-15)16-11-12-4-5-14(16)10-12/h4-9,12,14,16H,10-11H2,1-3H3/t12-,14+,16+/m1/s1. The van der Waals surface area contributed by atoms with Gasteiger partial charge in [0.05, 0.1) is 0 Å². The van der Waals surface area contributed by atoms with E-state index < -0.39 is 0 Å². The third-order valence-corrected chi connectivity index (χ3v) is 4.48. The van der Waals surface area contributed by atoms with Gasteiger partial charge >= 0.3 is 0 Å². The molecule has 0 aromatic heterocycles. The second kappa shape index (κ2) is 3.73. The molecule has 0 saturated heterocycles. The highest BCUT2D eigenvalue weighted by molar-refractivity contribution is 5.32. The Hall–Kier alpha value is -1.04. The monoisotopic (exact) mass is 226 g/mol. The van der Waals surface area contributed by atoms with Crippen LogP contribution in [0.25, 0.3) is 0 Å². The van der Waals surface area contributed by atoms with E-state index in [0.29, 0.717) is 0 Å². The molecular formula is C17H22. The molecule has 0 nitrogen and oxygen atoms in total. The Bertz CT molecular complexity index is 430. The highest BCUT2D eigenvalue weighted by Crippen LogP contribution is 2.48. The second-order valence-corrected chi connectivity index (χ2v) is 6.76. The molecule has 0 spiro atoms. The van der Waals surface area contributed by atoms with Crippen molar-refractivity contribution in [2.24, 2.45) is 11.8 Å². The lowest BCUT2D eigenvalue weighted by atomic mass is 9.83. The fourth-order valence-corrected chi connectivity index (χ4v) is 3.39. The first-order chi connectivity index (χ1) is 8.04. The van der Waals surface area contributed by atoms with Crippen LogP contribution in [-0.2, 0) is 5.41 Å². The average molecular weight is 226 g/mol. The van der Waals surface area contributed by atoms with Gasteiger partial charge in [0.2, 0.25) is 0 Å². The van der Waals surface area contributed by atoms with Crippen molar-refractivity contribution in [1.82, 2.24) is 0 Å². The van der Waals surface area contributed by atoms with Gasteiger partial charge in [0.1, 0.15) is 0 Å². The summed E-state index contributed by atoms with van der Waals surface area (Å²) in [5.74, 6) is 2.48. The largest absolute Gasteiger partial charge is 0.0851 e. The minimum absolute atomic E-state index is 0.271. The number of hydrogen-bond acceptors (Lipinski definition) is 0. The molecule has 1 fully saturated rings. The van der Waals surface area contributed by atoms with Gasteiger partial charge in [-0.2, -0.15) is 0 Å². The summed E-state index contributed by atoms with van der Waals surface area (Å²) >= 11 is 0. The molecule has 0 heterocycles. The van der Waals surface area contributed by atoms with Gasteiger partial charge in [-0.25, -0.2) is 0 Å². The maximum Gasteiger partial charge on any atom is -0.00932 e. The molecule has 90 valence electrons. The summed E-state index contributed by atoms with van der Waals surface area (Å²) in [6.07, 6.45) is 7.63. The Kier molecular flexibility index (Phi) is 2.43. The van der Waals surface area contributed by atoms with Gasteiger partial charge in [0, 0.05) is 0 Å². The Morgan fingerprint density at radius 3 is 2.12 bits per heavy atom. The number of rotatable bonds is 1. The van der Waals surface area contributed by atoms with Gasteiger partial charge in [-0.15, -0.1) is 0 Å². The van der Waals surface area contributed by atoms with E-state index in [-0.39, 0.29) is 5.41 Å². The molecule has 17 heavy (non-hydrogen) atoms. The topological polar surface area (TPSA) is 0 Å². The molecule has 0 unspecified atom stereocenters. The lowest BCUT2D eigenvalue weighted by Gasteiger charge is -2.22. The van der Waals surface area contributed by atoms with Crippen molar-refractivity contribution in [3.05, 3.63) is 47.5 Å². The lowest BCUT2D eigenvalue weighted by Crippen LogP contribution is -2.11. The first-order valence-electron chi connectivity index (χ1n) is 6.83. The third kappa shape index (κ3) is 1.94. The lowest BCUT2D eigenvalue weighted by molar-refractivity contribution is 0.576. The van der Waals surface area contributed by atoms with Crippen molar-refractivity contribution in [2.75, 3.05) is 0 Å². The molecule has 2 aliphatic carbocycles. The van der Waals surface area contributed by atoms with Crippen LogP contribution in [0.3, 0.4) is 0 Å². The minimum Gasteiger partial charge on any atom is -0.0851 e. The van der Waals surface area contributed by atoms with E-state index in [1.54, 1.807) is 5.56 Å². The number of hydrogen-bond donors (Lipinski definition) is 0. The minimum atomic E-state index is 0.271. The van der Waals surface area contributed by atoms with Crippen LogP contribution in [-0.4, -0.2) is 0 Å². The van der Waals surface area contributed by atoms with Gasteiger partial charge < -0.3 is 0 Å². The van der Waals surface area contributed by atoms with Crippen LogP contribution in [0.4, 0.5) is 0 Å². The highest BCUT2D eigenvalue weighted by Gasteiger charge is 2.36. The van der Waals surface area contributed by atoms with Crippen LogP contribution in [0.5, 0.6) is 0 Å². The quantitative estimate of drug-likeness (QED) is 0.611. The second-order valence-electron chi connectivity index (χ2n) is 6.76. The summed E-state index contributed by atoms with van der Waals surface area (Å²) in [6.45, 7) is 6.84. The van der Waals surface area contributed by atoms with Crippen molar-refractivity contribution in [1.29, 1.82) is 0 Å². The molecule has 0 radical (unpaired) electrons. The van der Waals surface area contributed by atoms with Crippen LogP contribution >= 0.6 is 0 Å². The number of allylic oxidation sites excluding steroid dienone is 2. The molecule has 3 rings (SSSR count). The van der Waals surface area contributed by atoms with Crippen molar-refractivity contribution in [3.63, 3.8) is 0 Å². The molecular weight excluding hydrogens is 204 g/mol. The summed E-state index contributed by atoms with van der Waals surface area (Å²) < 4.78 is 0. The maximum atomic E-state index is 2.44. The molecule has 2 aliphatic rings. The molecule has 0 amide bonds. The molecule has 1 aromatic rings. The summed E-state index contributed by atoms with van der Waals surface area (Å²) in [5.41, 5.74) is 3.27. The fraction of sp³-hybridized carbons (Fsp3) is 0.529. The van der Waals surface area contributed by atoms with E-state index in [0.717, 1.165) is 17.8 Å². The molecule has 1 aromatic carbocycles. The highest BCUT2D eigenvalue weighted by atomic mass is 14.4. The van der Waals surface area contributed by atoms with Gasteiger partial charge in [-0.3, -0.25) is 0 Å². The number of benzene rings is 1. The van der Waals surface area contributed by atoms with E-state index in [9.17, 15) is 0 Å². The van der Waals surface area contributed by atoms with E-state index in [1.807, 2.05) is 0 Å². The zero-order valence-corrected chi connectivity index (χ0v) is 11.1. The van der Waals surface area contributed by atoms with Gasteiger partial charge in [-0.05, 0) is 47.1 Å². The molecule has 3 atom stereocenters. The molecule has 0 N–H and O–H groups in total. The maximum absolute atomic E-state index is 2.44. The smallest absolute Gasteiger partial charge is 0.00932 e. The normalized spacial score (nSPS) is 31.1. The van der Waals surface area contributed by atoms with E-state index >= 15 is 0 Å². The Balaban J connectivity index is 1.84. The van der Waals surface area contributed by atoms with E-state index in [1.165, 1.54) is 18.4 Å². The first kappa shape index (κ1) is 11.1. The predicted molar refractivity (Wildman–Crippen MR) is 73.2 cm³/mol. The van der Waals surface area contributed by atoms with E-state index in [2.05, 4.69) is 57.2 Å². The van der Waals surface area contributed by atoms with Gasteiger partial charge in [0.15, 0.2) is 0 Å². The zero-order chi connectivity index (χ0) is 12.0. The first-order valence-corrected chi connectivity index (χ1v) is 6.83. The van der Waals surface area contributed by atoms with Crippen molar-refractivity contribution < 1.29 is 0 Å². The average Bonchev–Trinajstić information content (AvgIpc) is 2.89. The summed E-state index contributed by atoms with van der Waals surface area (Å²) in [7, 11) is 0. The van der Waals surface area contributed by atoms with Crippen LogP contribution in [0.2, 0.25) is 0 Å². The van der Waals surface area contributed by atoms with Crippen LogP contribution in [0.1, 0.15) is 50.7 Å². The fourth-order valence-electron chi connectivity index (χ4n) is 3.39. The van der Waals surface area contributed by atoms with Gasteiger partial charge in [0.25, 0.3) is 0 Å². The molecule has 1 saturated carbocycles. The van der Waals surface area contributed by atoms with Crippen molar-refractivity contribution >= 4 is 0 Å². The van der Waals surface area contributed by atoms with E-state index in [4.69, 9.17) is 0 Å². The van der Waals surface area contributed by atoms with Crippen LogP contribution in [0.15, 0.2) is 36.4 Å². The Morgan fingerprint density at radius 2 is 1.65 bits per heavy atom. The van der Waals surface area contributed by atoms with Crippen molar-refractivity contribution in [3.8, 4) is 0 Å². The molecule has 0 heteroatoms. The van der Waals surface area contributed by atoms with Crippen molar-refractivity contribution in [2.45, 2.75) is 44.9 Å². The summed E-state index contributed by atoms with van der Waals surface area (Å²) in [5, 5.41) is 0. The Morgan fingerprint density at radius 1 is 0.941 bits per heavy atom. The molecule has 2 bridgehead atoms. The Labute approximate surface area is 105 Å². The summed E-state index contributed by atoms with van der Waals surface area (Å²) in [4.78, 5) is 0. The van der Waals surface area contributed by atoms with Crippen LogP contribution in [0, 0.1) is 11.8 Å².